The summed E-state index contributed by atoms with van der Waals surface area (Å²) in [5, 5.41) is 0. The van der Waals surface area contributed by atoms with Gasteiger partial charge < -0.3 is 4.90 Å². The van der Waals surface area contributed by atoms with E-state index in [0.717, 1.165) is 0 Å². The second-order valence-corrected chi connectivity index (χ2v) is 7.63. The Morgan fingerprint density at radius 1 is 1.30 bits per heavy atom. The van der Waals surface area contributed by atoms with Crippen LogP contribution in [0.3, 0.4) is 0 Å². The summed E-state index contributed by atoms with van der Waals surface area (Å²) in [7, 11) is -3.06. The van der Waals surface area contributed by atoms with Crippen LogP contribution in [0.4, 0.5) is 5.69 Å². The number of hydrogen-bond acceptors (Lipinski definition) is 4. The Morgan fingerprint density at radius 2 is 2.05 bits per heavy atom. The number of fused-ring (bicyclic) bond motifs is 1. The maximum Gasteiger partial charge on any atom is 0.227 e. The lowest BCUT2D eigenvalue weighted by Gasteiger charge is -2.23. The quantitative estimate of drug-likeness (QED) is 0.764. The average Bonchev–Trinajstić information content (AvgIpc) is 2.79. The zero-order valence-corrected chi connectivity index (χ0v) is 11.9. The molecule has 6 heteroatoms. The van der Waals surface area contributed by atoms with Gasteiger partial charge in [-0.2, -0.15) is 0 Å². The van der Waals surface area contributed by atoms with E-state index in [1.807, 2.05) is 0 Å². The molecule has 1 aromatic carbocycles. The molecule has 0 N–H and O–H groups in total. The van der Waals surface area contributed by atoms with Crippen LogP contribution in [0, 0.1) is 5.92 Å². The molecule has 0 spiro atoms. The van der Waals surface area contributed by atoms with Crippen molar-refractivity contribution in [2.45, 2.75) is 19.4 Å². The van der Waals surface area contributed by atoms with Crippen molar-refractivity contribution in [3.8, 4) is 0 Å². The van der Waals surface area contributed by atoms with Gasteiger partial charge in [-0.1, -0.05) is 12.1 Å². The lowest BCUT2D eigenvalue weighted by Crippen LogP contribution is -2.36. The van der Waals surface area contributed by atoms with E-state index >= 15 is 0 Å². The standard InChI is InChI=1S/C14H15NO4S/c1-9(16)10-3-2-4-12(5-10)15-13-8-20(18,19)7-11(13)6-14(15)17/h2-5,11,13H,6-8H2,1H3/t11-,13+/m1/s1. The maximum atomic E-state index is 12.1. The van der Waals surface area contributed by atoms with E-state index in [0.29, 0.717) is 11.3 Å². The summed E-state index contributed by atoms with van der Waals surface area (Å²) in [6.45, 7) is 1.47. The summed E-state index contributed by atoms with van der Waals surface area (Å²) < 4.78 is 23.4. The molecule has 0 radical (unpaired) electrons. The molecule has 1 amide bonds. The molecule has 3 rings (SSSR count). The molecule has 2 fully saturated rings. The van der Waals surface area contributed by atoms with Gasteiger partial charge in [0.25, 0.3) is 0 Å². The molecule has 2 atom stereocenters. The molecule has 0 bridgehead atoms. The topological polar surface area (TPSA) is 71.5 Å². The minimum atomic E-state index is -3.06. The van der Waals surface area contributed by atoms with Crippen molar-refractivity contribution in [3.63, 3.8) is 0 Å². The Labute approximate surface area is 117 Å². The van der Waals surface area contributed by atoms with Crippen molar-refractivity contribution in [2.24, 2.45) is 5.92 Å². The minimum absolute atomic E-state index is 0.0215. The third kappa shape index (κ3) is 2.14. The van der Waals surface area contributed by atoms with E-state index in [4.69, 9.17) is 0 Å². The third-order valence-corrected chi connectivity index (χ3v) is 5.79. The van der Waals surface area contributed by atoms with E-state index < -0.39 is 9.84 Å². The van der Waals surface area contributed by atoms with Crippen molar-refractivity contribution in [1.29, 1.82) is 0 Å². The van der Waals surface area contributed by atoms with Crippen LogP contribution in [0.5, 0.6) is 0 Å². The van der Waals surface area contributed by atoms with Gasteiger partial charge in [-0.15, -0.1) is 0 Å². The lowest BCUT2D eigenvalue weighted by molar-refractivity contribution is -0.117. The molecule has 2 aliphatic rings. The molecule has 2 heterocycles. The molecular formula is C14H15NO4S. The van der Waals surface area contributed by atoms with Crippen molar-refractivity contribution in [1.82, 2.24) is 0 Å². The predicted octanol–water partition coefficient (Wildman–Crippen LogP) is 1.04. The fourth-order valence-corrected chi connectivity index (χ4v) is 5.17. The number of carbonyl (C=O) groups is 2. The monoisotopic (exact) mass is 293 g/mol. The molecular weight excluding hydrogens is 278 g/mol. The number of anilines is 1. The molecule has 5 nitrogen and oxygen atoms in total. The third-order valence-electron chi connectivity index (χ3n) is 4.00. The molecule has 0 saturated carbocycles. The highest BCUT2D eigenvalue weighted by molar-refractivity contribution is 7.91. The summed E-state index contributed by atoms with van der Waals surface area (Å²) in [4.78, 5) is 25.1. The second kappa shape index (κ2) is 4.41. The molecule has 2 saturated heterocycles. The smallest absolute Gasteiger partial charge is 0.227 e. The van der Waals surface area contributed by atoms with Gasteiger partial charge in [0.05, 0.1) is 17.5 Å². The van der Waals surface area contributed by atoms with Crippen LogP contribution in [0.15, 0.2) is 24.3 Å². The molecule has 2 aliphatic heterocycles. The van der Waals surface area contributed by atoms with Gasteiger partial charge >= 0.3 is 0 Å². The summed E-state index contributed by atoms with van der Waals surface area (Å²) in [6, 6.07) is 6.53. The first-order chi connectivity index (χ1) is 9.37. The van der Waals surface area contributed by atoms with Crippen LogP contribution in [0.25, 0.3) is 0 Å². The molecule has 0 aromatic heterocycles. The number of sulfone groups is 1. The SMILES string of the molecule is CC(=O)c1cccc(N2C(=O)C[C@@H]3CS(=O)(=O)C[C@@H]32)c1. The normalized spacial score (nSPS) is 27.6. The van der Waals surface area contributed by atoms with E-state index in [1.165, 1.54) is 6.92 Å². The zero-order chi connectivity index (χ0) is 14.5. The van der Waals surface area contributed by atoms with Crippen LogP contribution in [-0.4, -0.2) is 37.7 Å². The highest BCUT2D eigenvalue weighted by atomic mass is 32.2. The van der Waals surface area contributed by atoms with Crippen LogP contribution in [0.2, 0.25) is 0 Å². The number of benzene rings is 1. The van der Waals surface area contributed by atoms with E-state index in [1.54, 1.807) is 29.2 Å². The summed E-state index contributed by atoms with van der Waals surface area (Å²) in [5.74, 6) is -0.141. The minimum Gasteiger partial charge on any atom is -0.308 e. The molecule has 20 heavy (non-hydrogen) atoms. The summed E-state index contributed by atoms with van der Waals surface area (Å²) >= 11 is 0. The Kier molecular flexibility index (Phi) is 2.93. The van der Waals surface area contributed by atoms with Gasteiger partial charge in [0.15, 0.2) is 15.6 Å². The highest BCUT2D eigenvalue weighted by Crippen LogP contribution is 2.37. The zero-order valence-electron chi connectivity index (χ0n) is 11.1. The molecule has 0 aliphatic carbocycles. The van der Waals surface area contributed by atoms with E-state index in [9.17, 15) is 18.0 Å². The van der Waals surface area contributed by atoms with Gasteiger partial charge in [0, 0.05) is 23.6 Å². The van der Waals surface area contributed by atoms with Crippen molar-refractivity contribution >= 4 is 27.2 Å². The first kappa shape index (κ1) is 13.3. The van der Waals surface area contributed by atoms with Gasteiger partial charge in [-0.25, -0.2) is 8.42 Å². The second-order valence-electron chi connectivity index (χ2n) is 5.48. The Morgan fingerprint density at radius 3 is 2.75 bits per heavy atom. The van der Waals surface area contributed by atoms with Crippen molar-refractivity contribution < 1.29 is 18.0 Å². The fraction of sp³-hybridized carbons (Fsp3) is 0.429. The van der Waals surface area contributed by atoms with Crippen LogP contribution < -0.4 is 4.90 Å². The number of Topliss-reactive ketones (excluding diaryl/α,β-unsaturated/α-hetero) is 1. The largest absolute Gasteiger partial charge is 0.308 e. The highest BCUT2D eigenvalue weighted by Gasteiger charge is 2.49. The van der Waals surface area contributed by atoms with E-state index in [2.05, 4.69) is 0 Å². The molecule has 1 aromatic rings. The summed E-state index contributed by atoms with van der Waals surface area (Å²) in [6.07, 6.45) is 0.272. The number of rotatable bonds is 2. The molecule has 0 unspecified atom stereocenters. The van der Waals surface area contributed by atoms with Crippen molar-refractivity contribution in [2.75, 3.05) is 16.4 Å². The Hall–Kier alpha value is -1.69. The van der Waals surface area contributed by atoms with Gasteiger partial charge in [0.2, 0.25) is 5.91 Å². The first-order valence-corrected chi connectivity index (χ1v) is 8.33. The Balaban J connectivity index is 1.99. The van der Waals surface area contributed by atoms with Crippen molar-refractivity contribution in [3.05, 3.63) is 29.8 Å². The first-order valence-electron chi connectivity index (χ1n) is 6.51. The Bertz CT molecular complexity index is 695. The number of ketones is 1. The fourth-order valence-electron chi connectivity index (χ4n) is 3.10. The van der Waals surface area contributed by atoms with Crippen LogP contribution >= 0.6 is 0 Å². The van der Waals surface area contributed by atoms with Crippen LogP contribution in [0.1, 0.15) is 23.7 Å². The van der Waals surface area contributed by atoms with Gasteiger partial charge in [-0.05, 0) is 19.1 Å². The number of nitrogens with zero attached hydrogens (tertiary/aromatic N) is 1. The average molecular weight is 293 g/mol. The lowest BCUT2D eigenvalue weighted by atomic mass is 10.0. The number of carbonyl (C=O) groups excluding carboxylic acids is 2. The van der Waals surface area contributed by atoms with Crippen LogP contribution in [-0.2, 0) is 14.6 Å². The van der Waals surface area contributed by atoms with E-state index in [-0.39, 0.29) is 41.6 Å². The predicted molar refractivity (Wildman–Crippen MR) is 74.5 cm³/mol. The molecule has 106 valence electrons. The maximum absolute atomic E-state index is 12.1. The summed E-state index contributed by atoms with van der Waals surface area (Å²) in [5.41, 5.74) is 1.15. The number of hydrogen-bond donors (Lipinski definition) is 0. The van der Waals surface area contributed by atoms with Gasteiger partial charge in [0.1, 0.15) is 0 Å². The van der Waals surface area contributed by atoms with Gasteiger partial charge in [-0.3, -0.25) is 9.59 Å². The number of amides is 1.